The van der Waals surface area contributed by atoms with Crippen LogP contribution in [0.15, 0.2) is 36.5 Å². The summed E-state index contributed by atoms with van der Waals surface area (Å²) in [5.74, 6) is -2.33. The molecule has 1 aromatic carbocycles. The Morgan fingerprint density at radius 2 is 1.55 bits per heavy atom. The van der Waals surface area contributed by atoms with Gasteiger partial charge in [-0.15, -0.1) is 0 Å². The number of aliphatic hydroxyl groups is 1. The molecule has 6 heteroatoms. The van der Waals surface area contributed by atoms with E-state index in [2.05, 4.69) is 46.5 Å². The number of fused-ring (bicyclic) bond motifs is 1. The fraction of sp³-hybridized carbons (Fsp3) is 0.560. The van der Waals surface area contributed by atoms with Gasteiger partial charge in [0.2, 0.25) is 8.32 Å². The Morgan fingerprint density at radius 1 is 0.935 bits per heavy atom. The van der Waals surface area contributed by atoms with Crippen LogP contribution < -0.4 is 0 Å². The molecule has 1 aliphatic rings. The Hall–Kier alpha value is -1.63. The van der Waals surface area contributed by atoms with Crippen molar-refractivity contribution in [3.05, 3.63) is 65.0 Å². The maximum atomic E-state index is 14.6. The second-order valence-electron chi connectivity index (χ2n) is 9.67. The van der Waals surface area contributed by atoms with Crippen molar-refractivity contribution < 1.29 is 18.3 Å². The number of rotatable bonds is 6. The first-order valence-corrected chi connectivity index (χ1v) is 13.5. The van der Waals surface area contributed by atoms with Crippen LogP contribution in [0.5, 0.6) is 0 Å². The summed E-state index contributed by atoms with van der Waals surface area (Å²) < 4.78 is 35.6. The van der Waals surface area contributed by atoms with Gasteiger partial charge < -0.3 is 9.53 Å². The van der Waals surface area contributed by atoms with Crippen LogP contribution in [0.1, 0.15) is 89.3 Å². The molecule has 3 nitrogen and oxygen atoms in total. The lowest BCUT2D eigenvalue weighted by atomic mass is 9.87. The van der Waals surface area contributed by atoms with Crippen LogP contribution in [0.2, 0.25) is 16.6 Å². The molecule has 3 rings (SSSR count). The summed E-state index contributed by atoms with van der Waals surface area (Å²) in [7, 11) is -2.20. The zero-order chi connectivity index (χ0) is 22.9. The van der Waals surface area contributed by atoms with Crippen LogP contribution >= 0.6 is 0 Å². The number of benzene rings is 1. The highest BCUT2D eigenvalue weighted by Crippen LogP contribution is 2.49. The van der Waals surface area contributed by atoms with E-state index in [0.29, 0.717) is 35.0 Å². The van der Waals surface area contributed by atoms with Crippen LogP contribution in [0.3, 0.4) is 0 Å². The van der Waals surface area contributed by atoms with Crippen molar-refractivity contribution in [3.8, 4) is 0 Å². The molecule has 0 radical (unpaired) electrons. The van der Waals surface area contributed by atoms with E-state index in [-0.39, 0.29) is 11.7 Å². The number of halogens is 2. The lowest BCUT2D eigenvalue weighted by Gasteiger charge is -2.44. The van der Waals surface area contributed by atoms with Gasteiger partial charge in [0.25, 0.3) is 0 Å². The van der Waals surface area contributed by atoms with Crippen molar-refractivity contribution in [2.45, 2.75) is 89.1 Å². The monoisotopic (exact) mass is 447 g/mol. The number of nitrogens with zero attached hydrogens (tertiary/aromatic N) is 1. The molecule has 31 heavy (non-hydrogen) atoms. The summed E-state index contributed by atoms with van der Waals surface area (Å²) in [5, 5.41) is 11.2. The summed E-state index contributed by atoms with van der Waals surface area (Å²) in [6.45, 7) is 13.4. The van der Waals surface area contributed by atoms with E-state index in [1.54, 1.807) is 18.3 Å². The highest BCUT2D eigenvalue weighted by atomic mass is 28.4. The maximum absolute atomic E-state index is 14.6. The highest BCUT2D eigenvalue weighted by molar-refractivity contribution is 6.77. The Kier molecular flexibility index (Phi) is 7.34. The minimum Gasteiger partial charge on any atom is -0.408 e. The van der Waals surface area contributed by atoms with E-state index < -0.39 is 32.0 Å². The summed E-state index contributed by atoms with van der Waals surface area (Å²) in [4.78, 5) is 4.61. The zero-order valence-corrected chi connectivity index (χ0v) is 20.4. The summed E-state index contributed by atoms with van der Waals surface area (Å²) >= 11 is 0. The first-order chi connectivity index (χ1) is 14.6. The zero-order valence-electron chi connectivity index (χ0n) is 19.4. The van der Waals surface area contributed by atoms with E-state index in [9.17, 15) is 13.9 Å². The number of hydrogen-bond donors (Lipinski definition) is 1. The average molecular weight is 448 g/mol. The topological polar surface area (TPSA) is 42.4 Å². The van der Waals surface area contributed by atoms with Crippen LogP contribution in [0, 0.1) is 11.6 Å². The largest absolute Gasteiger partial charge is 0.408 e. The minimum absolute atomic E-state index is 0.211. The molecule has 2 aromatic rings. The number of hydrogen-bond acceptors (Lipinski definition) is 3. The molecule has 170 valence electrons. The van der Waals surface area contributed by atoms with Gasteiger partial charge in [-0.1, -0.05) is 59.7 Å². The van der Waals surface area contributed by atoms with Gasteiger partial charge in [0, 0.05) is 17.7 Å². The number of aliphatic hydroxyl groups excluding tert-OH is 1. The van der Waals surface area contributed by atoms with Gasteiger partial charge in [-0.3, -0.25) is 4.98 Å². The highest BCUT2D eigenvalue weighted by Gasteiger charge is 2.48. The fourth-order valence-electron chi connectivity index (χ4n) is 5.69. The molecule has 0 saturated carbocycles. The molecule has 0 fully saturated rings. The molecule has 1 aliphatic carbocycles. The summed E-state index contributed by atoms with van der Waals surface area (Å²) in [6, 6.07) is 7.79. The first-order valence-electron chi connectivity index (χ1n) is 11.4. The van der Waals surface area contributed by atoms with Gasteiger partial charge in [0.1, 0.15) is 0 Å². The quantitative estimate of drug-likeness (QED) is 0.376. The lowest BCUT2D eigenvalue weighted by Crippen LogP contribution is -2.48. The van der Waals surface area contributed by atoms with Gasteiger partial charge in [-0.25, -0.2) is 8.78 Å². The first kappa shape index (κ1) is 24.0. The predicted octanol–water partition coefficient (Wildman–Crippen LogP) is 7.20. The van der Waals surface area contributed by atoms with Crippen molar-refractivity contribution in [2.24, 2.45) is 0 Å². The fourth-order valence-corrected chi connectivity index (χ4v) is 11.2. The van der Waals surface area contributed by atoms with Crippen LogP contribution in [0.25, 0.3) is 0 Å². The third kappa shape index (κ3) is 4.35. The Morgan fingerprint density at radius 3 is 2.16 bits per heavy atom. The molecule has 1 aromatic heterocycles. The summed E-state index contributed by atoms with van der Waals surface area (Å²) in [6.07, 6.45) is 1.56. The lowest BCUT2D eigenvalue weighted by molar-refractivity contribution is 0.135. The van der Waals surface area contributed by atoms with E-state index in [1.165, 1.54) is 6.07 Å². The molecular weight excluding hydrogens is 412 g/mol. The predicted molar refractivity (Wildman–Crippen MR) is 122 cm³/mol. The number of aromatic nitrogens is 1. The van der Waals surface area contributed by atoms with Crippen molar-refractivity contribution in [3.63, 3.8) is 0 Å². The summed E-state index contributed by atoms with van der Waals surface area (Å²) in [5.41, 5.74) is 2.81. The Bertz CT molecular complexity index is 881. The van der Waals surface area contributed by atoms with Gasteiger partial charge in [0.05, 0.1) is 17.9 Å². The van der Waals surface area contributed by atoms with E-state index in [0.717, 1.165) is 11.8 Å². The van der Waals surface area contributed by atoms with Gasteiger partial charge >= 0.3 is 0 Å². The molecule has 0 amide bonds. The van der Waals surface area contributed by atoms with E-state index in [1.807, 2.05) is 6.07 Å². The van der Waals surface area contributed by atoms with Gasteiger partial charge in [-0.2, -0.15) is 0 Å². The Labute approximate surface area is 186 Å². The van der Waals surface area contributed by atoms with E-state index in [4.69, 9.17) is 4.43 Å². The molecule has 3 atom stereocenters. The molecule has 3 unspecified atom stereocenters. The second-order valence-corrected chi connectivity index (χ2v) is 15.1. The average Bonchev–Trinajstić information content (AvgIpc) is 2.84. The van der Waals surface area contributed by atoms with Crippen molar-refractivity contribution in [1.82, 2.24) is 4.98 Å². The second kappa shape index (κ2) is 9.47. The van der Waals surface area contributed by atoms with Crippen molar-refractivity contribution >= 4 is 8.32 Å². The molecule has 0 saturated heterocycles. The van der Waals surface area contributed by atoms with Gasteiger partial charge in [-0.05, 0) is 47.2 Å². The van der Waals surface area contributed by atoms with Crippen LogP contribution in [0.4, 0.5) is 8.78 Å². The Balaban J connectivity index is 2.06. The third-order valence-electron chi connectivity index (χ3n) is 7.05. The van der Waals surface area contributed by atoms with Gasteiger partial charge in [0.15, 0.2) is 11.6 Å². The SMILES string of the molecule is CC(C)[Si](OC1CCC(c2cccc(F)c2F)C(O)c2cccnc21)(C(C)C)C(C)C. The molecule has 0 bridgehead atoms. The molecule has 1 heterocycles. The smallest absolute Gasteiger partial charge is 0.201 e. The molecule has 0 aliphatic heterocycles. The van der Waals surface area contributed by atoms with Crippen molar-refractivity contribution in [2.75, 3.05) is 0 Å². The molecule has 0 spiro atoms. The number of pyridine rings is 1. The van der Waals surface area contributed by atoms with Crippen LogP contribution in [-0.4, -0.2) is 18.4 Å². The van der Waals surface area contributed by atoms with Crippen molar-refractivity contribution in [1.29, 1.82) is 0 Å². The van der Waals surface area contributed by atoms with E-state index >= 15 is 0 Å². The molecular formula is C25H35F2NO2Si. The third-order valence-corrected chi connectivity index (χ3v) is 13.2. The standard InChI is InChI=1S/C25H35F2NO2Si/c1-15(2)31(16(3)4,17(5)6)30-22-13-12-19(18-9-7-11-21(26)23(18)27)25(29)20-10-8-14-28-24(20)22/h7-11,14-17,19,22,25,29H,12-13H2,1-6H3. The maximum Gasteiger partial charge on any atom is 0.201 e. The molecule has 1 N–H and O–H groups in total. The normalized spacial score (nSPS) is 22.1. The van der Waals surface area contributed by atoms with Crippen LogP contribution in [-0.2, 0) is 4.43 Å². The minimum atomic E-state index is -2.20.